The second-order valence-electron chi connectivity index (χ2n) is 7.20. The number of nitrogens with one attached hydrogen (secondary N) is 1. The van der Waals surface area contributed by atoms with Crippen molar-refractivity contribution in [3.8, 4) is 0 Å². The summed E-state index contributed by atoms with van der Waals surface area (Å²) in [6, 6.07) is 16.9. The number of hydrogen-bond acceptors (Lipinski definition) is 3. The average molecular weight is 365 g/mol. The lowest BCUT2D eigenvalue weighted by Gasteiger charge is -2.35. The lowest BCUT2D eigenvalue weighted by atomic mass is 10.0. The Morgan fingerprint density at radius 1 is 1.00 bits per heavy atom. The first kappa shape index (κ1) is 19.1. The highest BCUT2D eigenvalue weighted by Crippen LogP contribution is 2.17. The number of carbonyl (C=O) groups is 2. The highest BCUT2D eigenvalue weighted by Gasteiger charge is 2.24. The number of nitrogens with zero attached hydrogens (tertiary/aromatic N) is 2. The summed E-state index contributed by atoms with van der Waals surface area (Å²) in [7, 11) is 4.01. The summed E-state index contributed by atoms with van der Waals surface area (Å²) < 4.78 is 0. The van der Waals surface area contributed by atoms with Crippen LogP contribution in [0.25, 0.3) is 0 Å². The lowest BCUT2D eigenvalue weighted by Crippen LogP contribution is -2.44. The van der Waals surface area contributed by atoms with Gasteiger partial charge < -0.3 is 15.1 Å². The van der Waals surface area contributed by atoms with Gasteiger partial charge in [0.25, 0.3) is 11.8 Å². The minimum atomic E-state index is -0.0993. The van der Waals surface area contributed by atoms with Gasteiger partial charge in [-0.1, -0.05) is 30.3 Å². The molecule has 1 aliphatic rings. The molecule has 1 fully saturated rings. The van der Waals surface area contributed by atoms with E-state index in [-0.39, 0.29) is 11.8 Å². The molecular formula is C22H27N3O2. The van der Waals surface area contributed by atoms with E-state index in [4.69, 9.17) is 0 Å². The first-order valence-corrected chi connectivity index (χ1v) is 9.42. The van der Waals surface area contributed by atoms with Gasteiger partial charge in [0.05, 0.1) is 0 Å². The van der Waals surface area contributed by atoms with E-state index in [1.807, 2.05) is 54.4 Å². The second kappa shape index (κ2) is 8.82. The molecule has 142 valence electrons. The Bertz CT molecular complexity index is 766. The van der Waals surface area contributed by atoms with E-state index in [1.54, 1.807) is 12.1 Å². The van der Waals surface area contributed by atoms with Crippen LogP contribution in [0.5, 0.6) is 0 Å². The van der Waals surface area contributed by atoms with E-state index in [9.17, 15) is 9.59 Å². The molecular weight excluding hydrogens is 338 g/mol. The van der Waals surface area contributed by atoms with Gasteiger partial charge >= 0.3 is 0 Å². The van der Waals surface area contributed by atoms with Crippen LogP contribution in [-0.4, -0.2) is 54.8 Å². The molecule has 2 amide bonds. The Labute approximate surface area is 161 Å². The predicted molar refractivity (Wildman–Crippen MR) is 107 cm³/mol. The van der Waals surface area contributed by atoms with Crippen LogP contribution in [0, 0.1) is 0 Å². The molecule has 1 heterocycles. The van der Waals surface area contributed by atoms with Crippen LogP contribution in [0.4, 0.5) is 0 Å². The van der Waals surface area contributed by atoms with Crippen molar-refractivity contribution in [2.45, 2.75) is 25.4 Å². The molecule has 1 saturated heterocycles. The molecule has 3 rings (SSSR count). The normalized spacial score (nSPS) is 15.3. The summed E-state index contributed by atoms with van der Waals surface area (Å²) in [5, 5.41) is 2.90. The van der Waals surface area contributed by atoms with Crippen LogP contribution < -0.4 is 5.32 Å². The number of rotatable bonds is 5. The Morgan fingerprint density at radius 2 is 1.63 bits per heavy atom. The van der Waals surface area contributed by atoms with Gasteiger partial charge in [0.15, 0.2) is 0 Å². The maximum atomic E-state index is 12.7. The zero-order valence-electron chi connectivity index (χ0n) is 16.0. The fourth-order valence-corrected chi connectivity index (χ4v) is 3.39. The van der Waals surface area contributed by atoms with Crippen molar-refractivity contribution in [2.24, 2.45) is 0 Å². The molecule has 2 aromatic rings. The van der Waals surface area contributed by atoms with E-state index in [1.165, 1.54) is 0 Å². The van der Waals surface area contributed by atoms with Gasteiger partial charge in [-0.3, -0.25) is 9.59 Å². The van der Waals surface area contributed by atoms with Gasteiger partial charge in [-0.15, -0.1) is 0 Å². The zero-order chi connectivity index (χ0) is 19.2. The molecule has 0 radical (unpaired) electrons. The van der Waals surface area contributed by atoms with Crippen LogP contribution in [-0.2, 0) is 6.54 Å². The second-order valence-corrected chi connectivity index (χ2v) is 7.20. The third kappa shape index (κ3) is 4.95. The van der Waals surface area contributed by atoms with E-state index in [0.29, 0.717) is 23.7 Å². The van der Waals surface area contributed by atoms with E-state index in [2.05, 4.69) is 17.3 Å². The van der Waals surface area contributed by atoms with Gasteiger partial charge in [-0.2, -0.15) is 0 Å². The molecule has 1 aliphatic heterocycles. The molecule has 27 heavy (non-hydrogen) atoms. The number of benzene rings is 2. The zero-order valence-corrected chi connectivity index (χ0v) is 16.0. The van der Waals surface area contributed by atoms with Crippen molar-refractivity contribution in [1.82, 2.24) is 15.1 Å². The minimum absolute atomic E-state index is 0.0597. The Hall–Kier alpha value is -2.66. The van der Waals surface area contributed by atoms with Gasteiger partial charge in [-0.05, 0) is 62.8 Å². The SMILES string of the molecule is CN1CCC(N(C)C(=O)c2ccc(CNC(=O)c3ccccc3)cc2)CC1. The largest absolute Gasteiger partial charge is 0.348 e. The summed E-state index contributed by atoms with van der Waals surface area (Å²) in [6.45, 7) is 2.50. The fourth-order valence-electron chi connectivity index (χ4n) is 3.39. The van der Waals surface area contributed by atoms with Crippen LogP contribution in [0.2, 0.25) is 0 Å². The molecule has 0 unspecified atom stereocenters. The molecule has 5 heteroatoms. The van der Waals surface area contributed by atoms with Crippen LogP contribution in [0.1, 0.15) is 39.1 Å². The smallest absolute Gasteiger partial charge is 0.253 e. The molecule has 0 aromatic heterocycles. The topological polar surface area (TPSA) is 52.6 Å². The summed E-state index contributed by atoms with van der Waals surface area (Å²) in [6.07, 6.45) is 2.03. The van der Waals surface area contributed by atoms with Crippen LogP contribution >= 0.6 is 0 Å². The summed E-state index contributed by atoms with van der Waals surface area (Å²) >= 11 is 0. The van der Waals surface area contributed by atoms with Gasteiger partial charge in [0.2, 0.25) is 0 Å². The van der Waals surface area contributed by atoms with Crippen molar-refractivity contribution in [1.29, 1.82) is 0 Å². The lowest BCUT2D eigenvalue weighted by molar-refractivity contribution is 0.0659. The van der Waals surface area contributed by atoms with E-state index in [0.717, 1.165) is 31.5 Å². The monoisotopic (exact) mass is 365 g/mol. The number of carbonyl (C=O) groups excluding carboxylic acids is 2. The number of hydrogen-bond donors (Lipinski definition) is 1. The fraction of sp³-hybridized carbons (Fsp3) is 0.364. The first-order valence-electron chi connectivity index (χ1n) is 9.42. The van der Waals surface area contributed by atoms with Gasteiger partial charge in [-0.25, -0.2) is 0 Å². The molecule has 5 nitrogen and oxygen atoms in total. The standard InChI is InChI=1S/C22H27N3O2/c1-24-14-12-20(13-15-24)25(2)22(27)19-10-8-17(9-11-19)16-23-21(26)18-6-4-3-5-7-18/h3-11,20H,12-16H2,1-2H3,(H,23,26). The summed E-state index contributed by atoms with van der Waals surface area (Å²) in [4.78, 5) is 29.0. The molecule has 2 aromatic carbocycles. The predicted octanol–water partition coefficient (Wildman–Crippen LogP) is 2.78. The third-order valence-electron chi connectivity index (χ3n) is 5.25. The Balaban J connectivity index is 1.55. The number of likely N-dealkylation sites (tertiary alicyclic amines) is 1. The van der Waals surface area contributed by atoms with Gasteiger partial charge in [0, 0.05) is 30.8 Å². The Morgan fingerprint density at radius 3 is 2.26 bits per heavy atom. The maximum Gasteiger partial charge on any atom is 0.253 e. The Kier molecular flexibility index (Phi) is 6.24. The average Bonchev–Trinajstić information content (AvgIpc) is 2.72. The molecule has 0 bridgehead atoms. The minimum Gasteiger partial charge on any atom is -0.348 e. The highest BCUT2D eigenvalue weighted by molar-refractivity contribution is 5.95. The molecule has 0 aliphatic carbocycles. The number of piperidine rings is 1. The first-order chi connectivity index (χ1) is 13.0. The maximum absolute atomic E-state index is 12.7. The third-order valence-corrected chi connectivity index (χ3v) is 5.25. The molecule has 0 spiro atoms. The van der Waals surface area contributed by atoms with Crippen molar-refractivity contribution < 1.29 is 9.59 Å². The van der Waals surface area contributed by atoms with E-state index < -0.39 is 0 Å². The van der Waals surface area contributed by atoms with E-state index >= 15 is 0 Å². The summed E-state index contributed by atoms with van der Waals surface area (Å²) in [5.74, 6) is -0.0397. The number of amides is 2. The summed E-state index contributed by atoms with van der Waals surface area (Å²) in [5.41, 5.74) is 2.30. The van der Waals surface area contributed by atoms with Crippen LogP contribution in [0.15, 0.2) is 54.6 Å². The van der Waals surface area contributed by atoms with Crippen LogP contribution in [0.3, 0.4) is 0 Å². The van der Waals surface area contributed by atoms with Crippen molar-refractivity contribution in [3.63, 3.8) is 0 Å². The van der Waals surface area contributed by atoms with Gasteiger partial charge in [0.1, 0.15) is 0 Å². The highest BCUT2D eigenvalue weighted by atomic mass is 16.2. The van der Waals surface area contributed by atoms with Crippen molar-refractivity contribution in [3.05, 3.63) is 71.3 Å². The molecule has 0 saturated carbocycles. The van der Waals surface area contributed by atoms with Crippen molar-refractivity contribution in [2.75, 3.05) is 27.2 Å². The quantitative estimate of drug-likeness (QED) is 0.886. The molecule has 1 N–H and O–H groups in total. The van der Waals surface area contributed by atoms with Crippen molar-refractivity contribution >= 4 is 11.8 Å². The molecule has 0 atom stereocenters.